The van der Waals surface area contributed by atoms with Crippen LogP contribution in [0.15, 0.2) is 15.6 Å². The molecular formula is C15H26ClN3O4S. The standard InChI is InChI=1S/C15H25N3O4S.ClH/c1-10-12(8-14(22-10)23(20,21)17-2)15(19)18-13(9-16)11-6-4-3-5-7-11;/h8,11,13,17H,3-7,9,16H2,1-2H3,(H,18,19);1H. The molecule has 24 heavy (non-hydrogen) atoms. The second-order valence-electron chi connectivity index (χ2n) is 5.96. The van der Waals surface area contributed by atoms with Gasteiger partial charge in [-0.3, -0.25) is 4.79 Å². The van der Waals surface area contributed by atoms with Crippen molar-refractivity contribution in [3.05, 3.63) is 17.4 Å². The van der Waals surface area contributed by atoms with Gasteiger partial charge in [-0.1, -0.05) is 19.3 Å². The number of aryl methyl sites for hydroxylation is 1. The number of nitrogens with one attached hydrogen (secondary N) is 2. The predicted octanol–water partition coefficient (Wildman–Crippen LogP) is 1.56. The molecule has 0 spiro atoms. The minimum Gasteiger partial charge on any atom is -0.448 e. The summed E-state index contributed by atoms with van der Waals surface area (Å²) in [4.78, 5) is 12.5. The summed E-state index contributed by atoms with van der Waals surface area (Å²) < 4.78 is 30.9. The zero-order chi connectivity index (χ0) is 17.0. The van der Waals surface area contributed by atoms with Crippen LogP contribution in [-0.2, 0) is 10.0 Å². The summed E-state index contributed by atoms with van der Waals surface area (Å²) in [5.74, 6) is 0.311. The number of carbonyl (C=O) groups is 1. The monoisotopic (exact) mass is 379 g/mol. The highest BCUT2D eigenvalue weighted by atomic mass is 35.5. The molecule has 1 saturated carbocycles. The fourth-order valence-corrected chi connectivity index (χ4v) is 3.77. The Morgan fingerprint density at radius 3 is 2.54 bits per heavy atom. The van der Waals surface area contributed by atoms with Gasteiger partial charge < -0.3 is 15.5 Å². The Hall–Kier alpha value is -1.09. The van der Waals surface area contributed by atoms with Gasteiger partial charge in [0.15, 0.2) is 0 Å². The lowest BCUT2D eigenvalue weighted by atomic mass is 9.84. The maximum absolute atomic E-state index is 12.5. The number of halogens is 1. The molecule has 1 aliphatic carbocycles. The van der Waals surface area contributed by atoms with Gasteiger partial charge in [-0.25, -0.2) is 13.1 Å². The fraction of sp³-hybridized carbons (Fsp3) is 0.667. The third kappa shape index (κ3) is 4.72. The molecule has 7 nitrogen and oxygen atoms in total. The average molecular weight is 380 g/mol. The van der Waals surface area contributed by atoms with E-state index in [4.69, 9.17) is 10.2 Å². The molecule has 1 aromatic heterocycles. The van der Waals surface area contributed by atoms with Crippen molar-refractivity contribution in [2.75, 3.05) is 13.6 Å². The van der Waals surface area contributed by atoms with Crippen LogP contribution in [0.1, 0.15) is 48.2 Å². The number of hydrogen-bond acceptors (Lipinski definition) is 5. The average Bonchev–Trinajstić information content (AvgIpc) is 2.96. The molecule has 4 N–H and O–H groups in total. The van der Waals surface area contributed by atoms with Crippen LogP contribution in [0, 0.1) is 12.8 Å². The molecule has 2 rings (SSSR count). The zero-order valence-corrected chi connectivity index (χ0v) is 15.6. The molecule has 1 amide bonds. The third-order valence-electron chi connectivity index (χ3n) is 4.46. The van der Waals surface area contributed by atoms with E-state index in [1.54, 1.807) is 6.92 Å². The van der Waals surface area contributed by atoms with Crippen LogP contribution in [0.4, 0.5) is 0 Å². The summed E-state index contributed by atoms with van der Waals surface area (Å²) >= 11 is 0. The van der Waals surface area contributed by atoms with Crippen LogP contribution in [0.5, 0.6) is 0 Å². The summed E-state index contributed by atoms with van der Waals surface area (Å²) in [7, 11) is -2.42. The molecule has 9 heteroatoms. The molecule has 1 unspecified atom stereocenters. The minimum absolute atomic E-state index is 0. The van der Waals surface area contributed by atoms with Crippen LogP contribution in [0.3, 0.4) is 0 Å². The van der Waals surface area contributed by atoms with Gasteiger partial charge in [0.25, 0.3) is 15.9 Å². The maximum Gasteiger partial charge on any atom is 0.273 e. The number of rotatable bonds is 6. The highest BCUT2D eigenvalue weighted by molar-refractivity contribution is 7.89. The predicted molar refractivity (Wildman–Crippen MR) is 93.8 cm³/mol. The minimum atomic E-state index is -3.71. The third-order valence-corrected chi connectivity index (χ3v) is 5.73. The van der Waals surface area contributed by atoms with Crippen molar-refractivity contribution < 1.29 is 17.6 Å². The Balaban J connectivity index is 0.00000288. The zero-order valence-electron chi connectivity index (χ0n) is 14.0. The molecule has 0 aromatic carbocycles. The number of furan rings is 1. The van der Waals surface area contributed by atoms with Crippen LogP contribution in [-0.4, -0.2) is 34.0 Å². The lowest BCUT2D eigenvalue weighted by Gasteiger charge is -2.30. The lowest BCUT2D eigenvalue weighted by Crippen LogP contribution is -2.46. The summed E-state index contributed by atoms with van der Waals surface area (Å²) in [5.41, 5.74) is 6.05. The van der Waals surface area contributed by atoms with E-state index < -0.39 is 10.0 Å². The number of carbonyl (C=O) groups excluding carboxylic acids is 1. The van der Waals surface area contributed by atoms with Crippen molar-refractivity contribution in [3.63, 3.8) is 0 Å². The quantitative estimate of drug-likeness (QED) is 0.693. The van der Waals surface area contributed by atoms with Gasteiger partial charge in [0.05, 0.1) is 5.56 Å². The normalized spacial score (nSPS) is 17.1. The van der Waals surface area contributed by atoms with E-state index >= 15 is 0 Å². The van der Waals surface area contributed by atoms with E-state index in [1.165, 1.54) is 19.5 Å². The first-order valence-electron chi connectivity index (χ1n) is 7.94. The van der Waals surface area contributed by atoms with Crippen molar-refractivity contribution in [1.29, 1.82) is 0 Å². The molecule has 0 aliphatic heterocycles. The summed E-state index contributed by atoms with van der Waals surface area (Å²) in [6.07, 6.45) is 5.67. The van der Waals surface area contributed by atoms with E-state index in [2.05, 4.69) is 10.0 Å². The summed E-state index contributed by atoms with van der Waals surface area (Å²) in [5, 5.41) is 2.68. The first-order valence-corrected chi connectivity index (χ1v) is 9.42. The highest BCUT2D eigenvalue weighted by Crippen LogP contribution is 2.27. The van der Waals surface area contributed by atoms with Gasteiger partial charge in [-0.2, -0.15) is 0 Å². The van der Waals surface area contributed by atoms with Crippen molar-refractivity contribution >= 4 is 28.3 Å². The van der Waals surface area contributed by atoms with Gasteiger partial charge in [-0.15, -0.1) is 12.4 Å². The second kappa shape index (κ2) is 8.84. The van der Waals surface area contributed by atoms with Crippen LogP contribution in [0.25, 0.3) is 0 Å². The molecule has 0 saturated heterocycles. The Kier molecular flexibility index (Phi) is 7.72. The number of hydrogen-bond donors (Lipinski definition) is 3. The Bertz CT molecular complexity index is 654. The van der Waals surface area contributed by atoms with Crippen molar-refractivity contribution in [2.24, 2.45) is 11.7 Å². The van der Waals surface area contributed by atoms with Gasteiger partial charge in [0, 0.05) is 18.7 Å². The van der Waals surface area contributed by atoms with Gasteiger partial charge >= 0.3 is 0 Å². The Morgan fingerprint density at radius 1 is 1.38 bits per heavy atom. The van der Waals surface area contributed by atoms with E-state index in [-0.39, 0.29) is 40.8 Å². The first kappa shape index (κ1) is 21.0. The Labute approximate surface area is 149 Å². The summed E-state index contributed by atoms with van der Waals surface area (Å²) in [6.45, 7) is 1.94. The van der Waals surface area contributed by atoms with Crippen LogP contribution in [0.2, 0.25) is 0 Å². The molecule has 0 bridgehead atoms. The van der Waals surface area contributed by atoms with E-state index in [0.717, 1.165) is 25.7 Å². The molecule has 138 valence electrons. The molecule has 1 heterocycles. The van der Waals surface area contributed by atoms with E-state index in [1.807, 2.05) is 0 Å². The Morgan fingerprint density at radius 2 is 2.00 bits per heavy atom. The van der Waals surface area contributed by atoms with Gasteiger partial charge in [0.1, 0.15) is 5.76 Å². The van der Waals surface area contributed by atoms with Crippen LogP contribution < -0.4 is 15.8 Å². The van der Waals surface area contributed by atoms with Crippen molar-refractivity contribution in [2.45, 2.75) is 50.2 Å². The highest BCUT2D eigenvalue weighted by Gasteiger charge is 2.27. The molecule has 1 aliphatic rings. The lowest BCUT2D eigenvalue weighted by molar-refractivity contribution is 0.0914. The smallest absolute Gasteiger partial charge is 0.273 e. The van der Waals surface area contributed by atoms with Crippen LogP contribution >= 0.6 is 12.4 Å². The van der Waals surface area contributed by atoms with E-state index in [9.17, 15) is 13.2 Å². The number of nitrogens with two attached hydrogens (primary N) is 1. The fourth-order valence-electron chi connectivity index (χ4n) is 3.07. The molecule has 1 atom stereocenters. The SMILES string of the molecule is CNS(=O)(=O)c1cc(C(=O)NC(CN)C2CCCCC2)c(C)o1.Cl. The van der Waals surface area contributed by atoms with Crippen molar-refractivity contribution in [1.82, 2.24) is 10.0 Å². The maximum atomic E-state index is 12.5. The van der Waals surface area contributed by atoms with Gasteiger partial charge in [0.2, 0.25) is 5.09 Å². The number of amides is 1. The molecule has 1 aromatic rings. The van der Waals surface area contributed by atoms with Crippen molar-refractivity contribution in [3.8, 4) is 0 Å². The molecule has 1 fully saturated rings. The largest absolute Gasteiger partial charge is 0.448 e. The van der Waals surface area contributed by atoms with Gasteiger partial charge in [-0.05, 0) is 32.7 Å². The van der Waals surface area contributed by atoms with E-state index in [0.29, 0.717) is 12.5 Å². The molecule has 0 radical (unpaired) electrons. The topological polar surface area (TPSA) is 114 Å². The molecular weight excluding hydrogens is 354 g/mol. The number of sulfonamides is 1. The first-order chi connectivity index (χ1) is 10.9. The second-order valence-corrected chi connectivity index (χ2v) is 7.77. The summed E-state index contributed by atoms with van der Waals surface area (Å²) in [6, 6.07) is 1.16.